The number of aryl methyl sites for hydroxylation is 1. The van der Waals surface area contributed by atoms with E-state index in [1.54, 1.807) is 0 Å². The average Bonchev–Trinajstić information content (AvgIpc) is 3.04. The Morgan fingerprint density at radius 2 is 1.79 bits per heavy atom. The number of hydrogen-bond donors (Lipinski definition) is 1. The summed E-state index contributed by atoms with van der Waals surface area (Å²) in [6.45, 7) is 6.30. The van der Waals surface area contributed by atoms with Crippen molar-refractivity contribution in [2.45, 2.75) is 58.8 Å². The van der Waals surface area contributed by atoms with Gasteiger partial charge in [0, 0.05) is 4.88 Å². The van der Waals surface area contributed by atoms with Crippen molar-refractivity contribution in [2.24, 2.45) is 5.92 Å². The van der Waals surface area contributed by atoms with Crippen molar-refractivity contribution < 1.29 is 14.3 Å². The minimum atomic E-state index is -0.361. The van der Waals surface area contributed by atoms with E-state index in [1.807, 2.05) is 19.1 Å². The molecule has 0 aliphatic heterocycles. The van der Waals surface area contributed by atoms with Crippen LogP contribution in [0, 0.1) is 5.92 Å². The number of benzene rings is 1. The molecule has 3 rings (SSSR count). The van der Waals surface area contributed by atoms with Crippen LogP contribution in [0.15, 0.2) is 24.3 Å². The molecule has 1 atom stereocenters. The van der Waals surface area contributed by atoms with E-state index >= 15 is 0 Å². The van der Waals surface area contributed by atoms with E-state index in [1.165, 1.54) is 28.9 Å². The van der Waals surface area contributed by atoms with E-state index in [0.29, 0.717) is 16.5 Å². The van der Waals surface area contributed by atoms with Gasteiger partial charge in [-0.25, -0.2) is 4.79 Å². The van der Waals surface area contributed by atoms with Gasteiger partial charge in [-0.3, -0.25) is 4.79 Å². The van der Waals surface area contributed by atoms with Crippen molar-refractivity contribution >= 4 is 28.2 Å². The minimum Gasteiger partial charge on any atom is -0.465 e. The molecule has 1 aliphatic rings. The summed E-state index contributed by atoms with van der Waals surface area (Å²) in [5.41, 5.74) is 3.87. The molecule has 150 valence electrons. The van der Waals surface area contributed by atoms with Gasteiger partial charge in [0.05, 0.1) is 18.6 Å². The highest BCUT2D eigenvalue weighted by atomic mass is 32.1. The third-order valence-corrected chi connectivity index (χ3v) is 6.52. The number of fused-ring (bicyclic) bond motifs is 1. The zero-order chi connectivity index (χ0) is 20.3. The van der Waals surface area contributed by atoms with Crippen molar-refractivity contribution in [1.82, 2.24) is 0 Å². The highest BCUT2D eigenvalue weighted by Gasteiger charge is 2.28. The van der Waals surface area contributed by atoms with E-state index in [-0.39, 0.29) is 17.8 Å². The molecular weight excluding hydrogens is 370 g/mol. The van der Waals surface area contributed by atoms with Gasteiger partial charge < -0.3 is 10.1 Å². The van der Waals surface area contributed by atoms with E-state index < -0.39 is 0 Å². The molecule has 4 nitrogen and oxygen atoms in total. The number of carbonyl (C=O) groups excluding carboxylic acids is 2. The van der Waals surface area contributed by atoms with Crippen LogP contribution in [0.3, 0.4) is 0 Å². The van der Waals surface area contributed by atoms with Crippen LogP contribution < -0.4 is 5.32 Å². The largest absolute Gasteiger partial charge is 0.465 e. The summed E-state index contributed by atoms with van der Waals surface area (Å²) in [6.07, 6.45) is 5.07. The van der Waals surface area contributed by atoms with Crippen molar-refractivity contribution in [1.29, 1.82) is 0 Å². The van der Waals surface area contributed by atoms with Gasteiger partial charge in [-0.2, -0.15) is 0 Å². The zero-order valence-electron chi connectivity index (χ0n) is 17.1. The molecule has 1 amide bonds. The first kappa shape index (κ1) is 20.6. The van der Waals surface area contributed by atoms with Gasteiger partial charge in [0.2, 0.25) is 5.91 Å². The summed E-state index contributed by atoms with van der Waals surface area (Å²) in [4.78, 5) is 26.4. The number of hydrogen-bond acceptors (Lipinski definition) is 4. The Bertz CT molecular complexity index is 851. The number of ether oxygens (including phenoxy) is 1. The third-order valence-electron chi connectivity index (χ3n) is 5.31. The van der Waals surface area contributed by atoms with Crippen molar-refractivity contribution in [3.63, 3.8) is 0 Å². The van der Waals surface area contributed by atoms with Crippen molar-refractivity contribution in [3.8, 4) is 0 Å². The average molecular weight is 400 g/mol. The number of methoxy groups -OCH3 is 1. The summed E-state index contributed by atoms with van der Waals surface area (Å²) >= 11 is 1.52. The minimum absolute atomic E-state index is 0.0969. The maximum Gasteiger partial charge on any atom is 0.341 e. The van der Waals surface area contributed by atoms with Crippen molar-refractivity contribution in [2.75, 3.05) is 12.4 Å². The fourth-order valence-electron chi connectivity index (χ4n) is 3.76. The number of thiophene rings is 1. The highest BCUT2D eigenvalue weighted by Crippen LogP contribution is 2.39. The van der Waals surface area contributed by atoms with Crippen LogP contribution in [0.2, 0.25) is 0 Å². The lowest BCUT2D eigenvalue weighted by molar-refractivity contribution is -0.117. The second-order valence-electron chi connectivity index (χ2n) is 7.96. The lowest BCUT2D eigenvalue weighted by atomic mass is 9.95. The number of nitrogens with one attached hydrogen (secondary N) is 1. The molecule has 0 spiro atoms. The monoisotopic (exact) mass is 399 g/mol. The van der Waals surface area contributed by atoms with Gasteiger partial charge in [0.15, 0.2) is 0 Å². The standard InChI is InChI=1S/C23H29NO3S/c1-14(2)13-16-9-11-17(12-10-16)15(3)21(25)24-22-20(23(26)27-4)18-7-5-6-8-19(18)28-22/h9-12,14-15H,5-8,13H2,1-4H3,(H,24,25). The van der Waals surface area contributed by atoms with Crippen LogP contribution in [0.25, 0.3) is 0 Å². The van der Waals surface area contributed by atoms with Gasteiger partial charge in [-0.15, -0.1) is 11.3 Å². The number of amides is 1. The summed E-state index contributed by atoms with van der Waals surface area (Å²) in [5.74, 6) is -0.147. The first-order chi connectivity index (χ1) is 13.4. The molecule has 1 heterocycles. The van der Waals surface area contributed by atoms with Crippen LogP contribution in [-0.2, 0) is 28.8 Å². The first-order valence-electron chi connectivity index (χ1n) is 10.0. The molecule has 0 fully saturated rings. The van der Waals surface area contributed by atoms with Crippen LogP contribution >= 0.6 is 11.3 Å². The fraction of sp³-hybridized carbons (Fsp3) is 0.478. The number of esters is 1. The van der Waals surface area contributed by atoms with Gasteiger partial charge >= 0.3 is 5.97 Å². The quantitative estimate of drug-likeness (QED) is 0.666. The molecule has 5 heteroatoms. The molecule has 0 saturated heterocycles. The van der Waals surface area contributed by atoms with E-state index in [0.717, 1.165) is 43.2 Å². The summed E-state index contributed by atoms with van der Waals surface area (Å²) in [7, 11) is 1.39. The van der Waals surface area contributed by atoms with E-state index in [9.17, 15) is 9.59 Å². The van der Waals surface area contributed by atoms with Gasteiger partial charge in [0.25, 0.3) is 0 Å². The van der Waals surface area contributed by atoms with E-state index in [2.05, 4.69) is 31.3 Å². The van der Waals surface area contributed by atoms with Gasteiger partial charge in [-0.05, 0) is 61.6 Å². The lowest BCUT2D eigenvalue weighted by Gasteiger charge is -2.14. The molecule has 1 aromatic heterocycles. The number of anilines is 1. The predicted octanol–water partition coefficient (Wildman–Crippen LogP) is 5.35. The number of rotatable bonds is 6. The molecular formula is C23H29NO3S. The molecule has 1 aliphatic carbocycles. The first-order valence-corrected chi connectivity index (χ1v) is 10.8. The Labute approximate surface area is 171 Å². The molecule has 1 N–H and O–H groups in total. The molecule has 28 heavy (non-hydrogen) atoms. The Kier molecular flexibility index (Phi) is 6.55. The Morgan fingerprint density at radius 1 is 1.11 bits per heavy atom. The summed E-state index contributed by atoms with van der Waals surface area (Å²) in [5, 5.41) is 3.64. The SMILES string of the molecule is COC(=O)c1c(NC(=O)C(C)c2ccc(CC(C)C)cc2)sc2c1CCCC2. The normalized spacial score (nSPS) is 14.5. The van der Waals surface area contributed by atoms with Crippen LogP contribution in [-0.4, -0.2) is 19.0 Å². The van der Waals surface area contributed by atoms with E-state index in [4.69, 9.17) is 4.74 Å². The summed E-state index contributed by atoms with van der Waals surface area (Å²) < 4.78 is 4.99. The van der Waals surface area contributed by atoms with Crippen LogP contribution in [0.4, 0.5) is 5.00 Å². The fourth-order valence-corrected chi connectivity index (χ4v) is 5.04. The Balaban J connectivity index is 1.78. The molecule has 0 saturated carbocycles. The molecule has 0 radical (unpaired) electrons. The second kappa shape index (κ2) is 8.91. The van der Waals surface area contributed by atoms with Crippen LogP contribution in [0.1, 0.15) is 71.5 Å². The van der Waals surface area contributed by atoms with Gasteiger partial charge in [0.1, 0.15) is 5.00 Å². The molecule has 0 bridgehead atoms. The molecule has 1 unspecified atom stereocenters. The number of carbonyl (C=O) groups is 2. The Hall–Kier alpha value is -2.14. The van der Waals surface area contributed by atoms with Crippen LogP contribution in [0.5, 0.6) is 0 Å². The Morgan fingerprint density at radius 3 is 2.43 bits per heavy atom. The van der Waals surface area contributed by atoms with Crippen molar-refractivity contribution in [3.05, 3.63) is 51.4 Å². The molecule has 2 aromatic rings. The highest BCUT2D eigenvalue weighted by molar-refractivity contribution is 7.17. The maximum absolute atomic E-state index is 12.9. The predicted molar refractivity (Wildman–Crippen MR) is 114 cm³/mol. The lowest BCUT2D eigenvalue weighted by Crippen LogP contribution is -2.20. The smallest absolute Gasteiger partial charge is 0.341 e. The summed E-state index contributed by atoms with van der Waals surface area (Å²) in [6, 6.07) is 8.26. The maximum atomic E-state index is 12.9. The second-order valence-corrected chi connectivity index (χ2v) is 9.06. The zero-order valence-corrected chi connectivity index (χ0v) is 17.9. The molecule has 1 aromatic carbocycles. The topological polar surface area (TPSA) is 55.4 Å². The van der Waals surface area contributed by atoms with Gasteiger partial charge in [-0.1, -0.05) is 38.1 Å². The third kappa shape index (κ3) is 4.46.